The fourth-order valence-electron chi connectivity index (χ4n) is 6.42. The van der Waals surface area contributed by atoms with Crippen LogP contribution in [0, 0.1) is 29.5 Å². The molecule has 7 heteroatoms. The maximum atomic E-state index is 15.1. The number of benzene rings is 1. The van der Waals surface area contributed by atoms with Gasteiger partial charge >= 0.3 is 6.18 Å². The number of ether oxygens (including phenoxy) is 1. The number of allylic oxidation sites excluding steroid dienone is 1. The van der Waals surface area contributed by atoms with E-state index in [2.05, 4.69) is 6.92 Å². The van der Waals surface area contributed by atoms with Gasteiger partial charge in [0.15, 0.2) is 11.9 Å². The summed E-state index contributed by atoms with van der Waals surface area (Å²) < 4.78 is 88.3. The lowest BCUT2D eigenvalue weighted by Crippen LogP contribution is -2.37. The Bertz CT molecular complexity index is 891. The zero-order chi connectivity index (χ0) is 25.2. The van der Waals surface area contributed by atoms with Crippen LogP contribution in [-0.2, 0) is 17.8 Å². The molecule has 1 aromatic rings. The molecule has 1 nitrogen and oxygen atoms in total. The van der Waals surface area contributed by atoms with E-state index in [1.54, 1.807) is 0 Å². The van der Waals surface area contributed by atoms with Crippen LogP contribution in [0.4, 0.5) is 26.3 Å². The molecule has 0 aromatic heterocycles. The average Bonchev–Trinajstić information content (AvgIpc) is 2.86. The van der Waals surface area contributed by atoms with Crippen LogP contribution in [0.25, 0.3) is 5.83 Å². The minimum atomic E-state index is -4.60. The van der Waals surface area contributed by atoms with Crippen molar-refractivity contribution in [2.24, 2.45) is 23.7 Å². The molecule has 4 rings (SSSR count). The Morgan fingerprint density at radius 2 is 1.57 bits per heavy atom. The fourth-order valence-corrected chi connectivity index (χ4v) is 6.42. The molecule has 0 radical (unpaired) electrons. The summed E-state index contributed by atoms with van der Waals surface area (Å²) in [6.07, 6.45) is 4.44. The van der Waals surface area contributed by atoms with Crippen LogP contribution < -0.4 is 0 Å². The quantitative estimate of drug-likeness (QED) is 0.352. The Labute approximate surface area is 204 Å². The molecule has 2 saturated carbocycles. The molecular formula is C28H36F6O. The first-order valence-electron chi connectivity index (χ1n) is 13.2. The molecule has 2 fully saturated rings. The molecular weight excluding hydrogens is 466 g/mol. The lowest BCUT2D eigenvalue weighted by molar-refractivity contribution is -0.226. The maximum absolute atomic E-state index is 15.1. The van der Waals surface area contributed by atoms with E-state index in [0.717, 1.165) is 24.8 Å². The van der Waals surface area contributed by atoms with Crippen LogP contribution in [0.5, 0.6) is 0 Å². The standard InChI is InChI=1S/C28H36F6O/c1-2-3-4-17-5-7-18(8-6-17)19-9-11-20(12-10-19)26(30)27(31)21-13-22-16-35-25(28(32,33)34)15-23(22)24(29)14-21/h13-14,17-20,25H,2-12,15-16H2,1H3. The molecule has 1 unspecified atom stereocenters. The first-order valence-corrected chi connectivity index (χ1v) is 13.2. The fraction of sp³-hybridized carbons (Fsp3) is 0.714. The second kappa shape index (κ2) is 11.3. The number of fused-ring (bicyclic) bond motifs is 1. The van der Waals surface area contributed by atoms with Gasteiger partial charge < -0.3 is 4.74 Å². The molecule has 0 amide bonds. The smallest absolute Gasteiger partial charge is 0.364 e. The predicted octanol–water partition coefficient (Wildman–Crippen LogP) is 9.24. The monoisotopic (exact) mass is 502 g/mol. The van der Waals surface area contributed by atoms with Gasteiger partial charge in [0.2, 0.25) is 0 Å². The van der Waals surface area contributed by atoms with Crippen molar-refractivity contribution < 1.29 is 31.1 Å². The number of rotatable bonds is 6. The van der Waals surface area contributed by atoms with E-state index in [-0.39, 0.29) is 16.7 Å². The molecule has 1 aromatic carbocycles. The summed E-state index contributed by atoms with van der Waals surface area (Å²) in [6, 6.07) is 2.04. The number of unbranched alkanes of at least 4 members (excludes halogenated alkanes) is 1. The first kappa shape index (κ1) is 26.6. The third-order valence-electron chi connectivity index (χ3n) is 8.60. The number of hydrogen-bond acceptors (Lipinski definition) is 1. The van der Waals surface area contributed by atoms with Gasteiger partial charge in [-0.3, -0.25) is 0 Å². The highest BCUT2D eigenvalue weighted by Crippen LogP contribution is 2.45. The van der Waals surface area contributed by atoms with E-state index in [9.17, 15) is 17.6 Å². The minimum Gasteiger partial charge on any atom is -0.364 e. The third-order valence-corrected chi connectivity index (χ3v) is 8.60. The van der Waals surface area contributed by atoms with E-state index in [1.807, 2.05) is 0 Å². The van der Waals surface area contributed by atoms with E-state index in [4.69, 9.17) is 4.74 Å². The van der Waals surface area contributed by atoms with Crippen molar-refractivity contribution in [3.05, 3.63) is 40.5 Å². The van der Waals surface area contributed by atoms with Crippen LogP contribution in [0.15, 0.2) is 18.0 Å². The maximum Gasteiger partial charge on any atom is 0.414 e. The summed E-state index contributed by atoms with van der Waals surface area (Å²) in [6.45, 7) is 1.74. The second-order valence-corrected chi connectivity index (χ2v) is 10.8. The normalized spacial score (nSPS) is 30.5. The molecule has 0 spiro atoms. The predicted molar refractivity (Wildman–Crippen MR) is 124 cm³/mol. The minimum absolute atomic E-state index is 0.138. The van der Waals surface area contributed by atoms with Gasteiger partial charge in [-0.15, -0.1) is 0 Å². The highest BCUT2D eigenvalue weighted by Gasteiger charge is 2.43. The second-order valence-electron chi connectivity index (χ2n) is 10.8. The Morgan fingerprint density at radius 3 is 2.17 bits per heavy atom. The number of hydrogen-bond donors (Lipinski definition) is 0. The Kier molecular flexibility index (Phi) is 8.55. The third kappa shape index (κ3) is 6.26. The van der Waals surface area contributed by atoms with Gasteiger partial charge in [0.05, 0.1) is 6.61 Å². The van der Waals surface area contributed by atoms with Crippen molar-refractivity contribution in [1.82, 2.24) is 0 Å². The zero-order valence-electron chi connectivity index (χ0n) is 20.4. The van der Waals surface area contributed by atoms with Gasteiger partial charge in [0.25, 0.3) is 0 Å². The van der Waals surface area contributed by atoms with Crippen molar-refractivity contribution in [3.63, 3.8) is 0 Å². The summed E-state index contributed by atoms with van der Waals surface area (Å²) in [5, 5.41) is 0. The van der Waals surface area contributed by atoms with Crippen molar-refractivity contribution in [2.45, 2.75) is 103 Å². The van der Waals surface area contributed by atoms with Crippen molar-refractivity contribution in [1.29, 1.82) is 0 Å². The van der Waals surface area contributed by atoms with Crippen molar-refractivity contribution in [3.8, 4) is 0 Å². The molecule has 1 aliphatic heterocycles. The summed E-state index contributed by atoms with van der Waals surface area (Å²) in [5.74, 6) is -1.36. The number of halogens is 6. The van der Waals surface area contributed by atoms with Gasteiger partial charge in [0.1, 0.15) is 11.6 Å². The largest absolute Gasteiger partial charge is 0.414 e. The summed E-state index contributed by atoms with van der Waals surface area (Å²) >= 11 is 0. The van der Waals surface area contributed by atoms with E-state index < -0.39 is 48.7 Å². The van der Waals surface area contributed by atoms with Gasteiger partial charge in [-0.05, 0) is 79.5 Å². The van der Waals surface area contributed by atoms with Gasteiger partial charge in [0, 0.05) is 17.9 Å². The zero-order valence-corrected chi connectivity index (χ0v) is 20.4. The van der Waals surface area contributed by atoms with Crippen LogP contribution in [0.2, 0.25) is 0 Å². The molecule has 0 bridgehead atoms. The molecule has 0 saturated heterocycles. The molecule has 35 heavy (non-hydrogen) atoms. The van der Waals surface area contributed by atoms with Crippen LogP contribution in [-0.4, -0.2) is 12.3 Å². The van der Waals surface area contributed by atoms with Gasteiger partial charge in [-0.2, -0.15) is 13.2 Å². The lowest BCUT2D eigenvalue weighted by atomic mass is 9.68. The van der Waals surface area contributed by atoms with Crippen molar-refractivity contribution in [2.75, 3.05) is 0 Å². The highest BCUT2D eigenvalue weighted by atomic mass is 19.4. The summed E-state index contributed by atoms with van der Waals surface area (Å²) in [4.78, 5) is 0. The van der Waals surface area contributed by atoms with Crippen LogP contribution in [0.3, 0.4) is 0 Å². The lowest BCUT2D eigenvalue weighted by Gasteiger charge is -2.37. The number of alkyl halides is 3. The highest BCUT2D eigenvalue weighted by molar-refractivity contribution is 5.63. The van der Waals surface area contributed by atoms with Crippen LogP contribution >= 0.6 is 0 Å². The Hall–Kier alpha value is -1.50. The van der Waals surface area contributed by atoms with E-state index in [0.29, 0.717) is 24.7 Å². The van der Waals surface area contributed by atoms with Crippen molar-refractivity contribution >= 4 is 5.83 Å². The summed E-state index contributed by atoms with van der Waals surface area (Å²) in [7, 11) is 0. The van der Waals surface area contributed by atoms with E-state index in [1.165, 1.54) is 51.0 Å². The molecule has 3 aliphatic rings. The van der Waals surface area contributed by atoms with Gasteiger partial charge in [-0.25, -0.2) is 13.2 Å². The van der Waals surface area contributed by atoms with Gasteiger partial charge in [-0.1, -0.05) is 39.0 Å². The Morgan fingerprint density at radius 1 is 0.943 bits per heavy atom. The topological polar surface area (TPSA) is 9.23 Å². The summed E-state index contributed by atoms with van der Waals surface area (Å²) in [5.41, 5.74) is -0.262. The molecule has 2 aliphatic carbocycles. The molecule has 1 atom stereocenters. The molecule has 196 valence electrons. The molecule has 0 N–H and O–H groups in total. The van der Waals surface area contributed by atoms with E-state index >= 15 is 8.78 Å². The van der Waals surface area contributed by atoms with Crippen LogP contribution in [0.1, 0.15) is 94.2 Å². The average molecular weight is 503 g/mol. The Balaban J connectivity index is 1.36. The first-order chi connectivity index (χ1) is 16.7. The SMILES string of the molecule is CCCCC1CCC(C2CCC(C(F)=C(F)c3cc(F)c4c(c3)COC(C(F)(F)F)C4)CC2)CC1. The molecule has 1 heterocycles.